The first-order valence-electron chi connectivity index (χ1n) is 17.3. The number of para-hydroxylation sites is 2. The highest BCUT2D eigenvalue weighted by Crippen LogP contribution is 2.41. The number of carbonyl (C=O) groups is 2. The molecule has 2 heterocycles. The molecule has 246 valence electrons. The Morgan fingerprint density at radius 2 is 1.59 bits per heavy atom. The van der Waals surface area contributed by atoms with Gasteiger partial charge in [-0.2, -0.15) is 0 Å². The highest BCUT2D eigenvalue weighted by atomic mass is 16.5. The average Bonchev–Trinajstić information content (AvgIpc) is 3.05. The van der Waals surface area contributed by atoms with Crippen LogP contribution in [-0.4, -0.2) is 61.1 Å². The predicted molar refractivity (Wildman–Crippen MR) is 188 cm³/mol. The summed E-state index contributed by atoms with van der Waals surface area (Å²) in [5, 5.41) is 3.25. The Kier molecular flexibility index (Phi) is 11.4. The number of hydrogen-bond acceptors (Lipinski definition) is 4. The molecule has 1 saturated heterocycles. The Labute approximate surface area is 275 Å². The van der Waals surface area contributed by atoms with Crippen LogP contribution in [0.25, 0.3) is 0 Å². The second-order valence-electron chi connectivity index (χ2n) is 13.4. The van der Waals surface area contributed by atoms with Crippen molar-refractivity contribution in [1.29, 1.82) is 0 Å². The number of nitrogens with zero attached hydrogens (tertiary/aromatic N) is 3. The smallest absolute Gasteiger partial charge is 0.325 e. The maximum absolute atomic E-state index is 14.3. The molecule has 7 nitrogen and oxygen atoms in total. The minimum atomic E-state index is -0.427. The third kappa shape index (κ3) is 7.75. The lowest BCUT2D eigenvalue weighted by Crippen LogP contribution is -2.52. The number of fused-ring (bicyclic) bond motifs is 1. The zero-order valence-corrected chi connectivity index (χ0v) is 28.4. The molecule has 0 aliphatic carbocycles. The van der Waals surface area contributed by atoms with E-state index in [2.05, 4.69) is 69.1 Å². The molecule has 46 heavy (non-hydrogen) atoms. The molecule has 0 spiro atoms. The van der Waals surface area contributed by atoms with Crippen LogP contribution in [0.5, 0.6) is 5.75 Å². The van der Waals surface area contributed by atoms with Crippen molar-refractivity contribution >= 4 is 23.3 Å². The quantitative estimate of drug-likeness (QED) is 0.194. The number of piperidine rings is 1. The van der Waals surface area contributed by atoms with Crippen molar-refractivity contribution in [2.75, 3.05) is 49.5 Å². The zero-order chi connectivity index (χ0) is 32.6. The highest BCUT2D eigenvalue weighted by Gasteiger charge is 2.39. The third-order valence-corrected chi connectivity index (χ3v) is 9.22. The SMILES string of the molecule is CCCN1C(=O)N(CC(=O)Nc2c(C(C)C)cccc2C(C)C)C(c2cccc(OCCCN3CCCCC3)c2)c2ccccc21. The number of likely N-dealkylation sites (tertiary alicyclic amines) is 1. The number of hydrogen-bond donors (Lipinski definition) is 1. The summed E-state index contributed by atoms with van der Waals surface area (Å²) in [5.74, 6) is 1.07. The summed E-state index contributed by atoms with van der Waals surface area (Å²) in [6, 6.07) is 21.8. The van der Waals surface area contributed by atoms with E-state index in [1.54, 1.807) is 4.90 Å². The summed E-state index contributed by atoms with van der Waals surface area (Å²) in [7, 11) is 0. The van der Waals surface area contributed by atoms with Gasteiger partial charge in [-0.25, -0.2) is 4.79 Å². The lowest BCUT2D eigenvalue weighted by Gasteiger charge is -2.42. The zero-order valence-electron chi connectivity index (χ0n) is 28.4. The molecule has 0 radical (unpaired) electrons. The van der Waals surface area contributed by atoms with E-state index in [4.69, 9.17) is 4.74 Å². The van der Waals surface area contributed by atoms with E-state index >= 15 is 0 Å². The Balaban J connectivity index is 1.42. The van der Waals surface area contributed by atoms with Gasteiger partial charge in [-0.05, 0) is 85.5 Å². The first-order chi connectivity index (χ1) is 22.3. The molecule has 3 amide bonds. The molecule has 3 aromatic carbocycles. The van der Waals surface area contributed by atoms with Gasteiger partial charge in [0.15, 0.2) is 0 Å². The minimum Gasteiger partial charge on any atom is -0.494 e. The molecule has 3 aromatic rings. The second kappa shape index (κ2) is 15.6. The van der Waals surface area contributed by atoms with Crippen molar-refractivity contribution in [2.45, 2.75) is 84.6 Å². The molecular formula is C39H52N4O3. The van der Waals surface area contributed by atoms with Gasteiger partial charge in [0.2, 0.25) is 5.91 Å². The molecule has 2 aliphatic heterocycles. The first kappa shape index (κ1) is 33.5. The monoisotopic (exact) mass is 624 g/mol. The fourth-order valence-corrected chi connectivity index (χ4v) is 6.92. The first-order valence-corrected chi connectivity index (χ1v) is 17.3. The van der Waals surface area contributed by atoms with Crippen LogP contribution in [0.4, 0.5) is 16.2 Å². The van der Waals surface area contributed by atoms with E-state index in [1.165, 1.54) is 32.4 Å². The van der Waals surface area contributed by atoms with Crippen molar-refractivity contribution < 1.29 is 14.3 Å². The topological polar surface area (TPSA) is 65.1 Å². The van der Waals surface area contributed by atoms with Crippen LogP contribution >= 0.6 is 0 Å². The largest absolute Gasteiger partial charge is 0.494 e. The van der Waals surface area contributed by atoms with Crippen LogP contribution in [0.1, 0.15) is 107 Å². The molecule has 0 saturated carbocycles. The molecule has 0 bridgehead atoms. The molecule has 1 fully saturated rings. The summed E-state index contributed by atoms with van der Waals surface area (Å²) in [5.41, 5.74) is 5.91. The number of urea groups is 1. The number of benzene rings is 3. The van der Waals surface area contributed by atoms with E-state index < -0.39 is 6.04 Å². The molecule has 5 rings (SSSR count). The van der Waals surface area contributed by atoms with Crippen LogP contribution in [0, 0.1) is 0 Å². The normalized spacial score (nSPS) is 17.0. The van der Waals surface area contributed by atoms with Gasteiger partial charge >= 0.3 is 6.03 Å². The van der Waals surface area contributed by atoms with Gasteiger partial charge in [-0.1, -0.05) is 89.6 Å². The Hall–Kier alpha value is -3.84. The molecule has 0 aromatic heterocycles. The van der Waals surface area contributed by atoms with Crippen LogP contribution in [0.15, 0.2) is 66.7 Å². The number of amides is 3. The number of rotatable bonds is 13. The van der Waals surface area contributed by atoms with Crippen molar-refractivity contribution in [3.63, 3.8) is 0 Å². The summed E-state index contributed by atoms with van der Waals surface area (Å²) >= 11 is 0. The van der Waals surface area contributed by atoms with Crippen molar-refractivity contribution in [3.05, 3.63) is 89.0 Å². The standard InChI is InChI=1S/C39H52N4O3/c1-6-21-42-35-20-9-8-17-34(35)38(30-15-12-16-31(26-30)46-25-14-24-41-22-10-7-11-23-41)43(39(42)45)27-36(44)40-37-32(28(2)3)18-13-19-33(37)29(4)5/h8-9,12-13,15-20,26,28-29,38H,6-7,10-11,14,21-25,27H2,1-5H3,(H,40,44). The fourth-order valence-electron chi connectivity index (χ4n) is 6.92. The molecule has 1 N–H and O–H groups in total. The van der Waals surface area contributed by atoms with E-state index in [0.717, 1.165) is 58.8 Å². The van der Waals surface area contributed by atoms with Crippen molar-refractivity contribution in [2.24, 2.45) is 0 Å². The lowest BCUT2D eigenvalue weighted by atomic mass is 9.92. The minimum absolute atomic E-state index is 0.0665. The van der Waals surface area contributed by atoms with E-state index in [0.29, 0.717) is 13.2 Å². The van der Waals surface area contributed by atoms with E-state index in [9.17, 15) is 9.59 Å². The number of ether oxygens (including phenoxy) is 1. The molecule has 1 atom stereocenters. The maximum atomic E-state index is 14.3. The number of anilines is 2. The van der Waals surface area contributed by atoms with E-state index in [-0.39, 0.29) is 30.3 Å². The van der Waals surface area contributed by atoms with Gasteiger partial charge in [0, 0.05) is 24.3 Å². The summed E-state index contributed by atoms with van der Waals surface area (Å²) in [6.07, 6.45) is 5.70. The van der Waals surface area contributed by atoms with Crippen LogP contribution in [-0.2, 0) is 4.79 Å². The lowest BCUT2D eigenvalue weighted by molar-refractivity contribution is -0.117. The molecule has 1 unspecified atom stereocenters. The number of carbonyl (C=O) groups excluding carboxylic acids is 2. The summed E-state index contributed by atoms with van der Waals surface area (Å²) in [6.45, 7) is 15.2. The Bertz CT molecular complexity index is 1450. The van der Waals surface area contributed by atoms with Gasteiger partial charge in [-0.3, -0.25) is 9.69 Å². The number of nitrogens with one attached hydrogen (secondary N) is 1. The predicted octanol–water partition coefficient (Wildman–Crippen LogP) is 8.57. The van der Waals surface area contributed by atoms with Gasteiger partial charge in [0.25, 0.3) is 0 Å². The van der Waals surface area contributed by atoms with Gasteiger partial charge < -0.3 is 19.9 Å². The van der Waals surface area contributed by atoms with Crippen LogP contribution in [0.3, 0.4) is 0 Å². The van der Waals surface area contributed by atoms with Crippen molar-refractivity contribution in [3.8, 4) is 5.75 Å². The highest BCUT2D eigenvalue weighted by molar-refractivity contribution is 6.01. The fraction of sp³-hybridized carbons (Fsp3) is 0.487. The maximum Gasteiger partial charge on any atom is 0.325 e. The third-order valence-electron chi connectivity index (χ3n) is 9.22. The van der Waals surface area contributed by atoms with Crippen LogP contribution in [0.2, 0.25) is 0 Å². The Morgan fingerprint density at radius 1 is 0.891 bits per heavy atom. The summed E-state index contributed by atoms with van der Waals surface area (Å²) < 4.78 is 6.25. The second-order valence-corrected chi connectivity index (χ2v) is 13.4. The van der Waals surface area contributed by atoms with Gasteiger partial charge in [0.05, 0.1) is 18.3 Å². The molecular weight excluding hydrogens is 572 g/mol. The summed E-state index contributed by atoms with van der Waals surface area (Å²) in [4.78, 5) is 34.3. The van der Waals surface area contributed by atoms with Crippen molar-refractivity contribution in [1.82, 2.24) is 9.80 Å². The Morgan fingerprint density at radius 3 is 2.28 bits per heavy atom. The van der Waals surface area contributed by atoms with Gasteiger partial charge in [0.1, 0.15) is 12.3 Å². The van der Waals surface area contributed by atoms with E-state index in [1.807, 2.05) is 47.4 Å². The molecule has 7 heteroatoms. The molecule has 2 aliphatic rings. The van der Waals surface area contributed by atoms with Gasteiger partial charge in [-0.15, -0.1) is 0 Å². The average molecular weight is 625 g/mol. The van der Waals surface area contributed by atoms with Crippen LogP contribution < -0.4 is 15.0 Å².